The SMILES string of the molecule is Cc1csc(Cc2noc(-c3ccc(C(=O)O)cc3)n2)n1. The van der Waals surface area contributed by atoms with E-state index in [9.17, 15) is 4.79 Å². The van der Waals surface area contributed by atoms with Crippen molar-refractivity contribution in [3.8, 4) is 11.5 Å². The van der Waals surface area contributed by atoms with Gasteiger partial charge in [0.05, 0.1) is 12.0 Å². The van der Waals surface area contributed by atoms with E-state index in [1.165, 1.54) is 12.1 Å². The van der Waals surface area contributed by atoms with Gasteiger partial charge in [0.1, 0.15) is 5.01 Å². The Morgan fingerprint density at radius 2 is 2.05 bits per heavy atom. The number of carboxylic acid groups (broad SMARTS) is 1. The molecule has 6 nitrogen and oxygen atoms in total. The quantitative estimate of drug-likeness (QED) is 0.797. The van der Waals surface area contributed by atoms with Crippen LogP contribution < -0.4 is 0 Å². The van der Waals surface area contributed by atoms with Gasteiger partial charge in [-0.25, -0.2) is 9.78 Å². The normalized spacial score (nSPS) is 10.7. The lowest BCUT2D eigenvalue weighted by Gasteiger charge is -1.95. The third-order valence-corrected chi connectivity index (χ3v) is 3.79. The molecule has 0 saturated heterocycles. The fourth-order valence-corrected chi connectivity index (χ4v) is 2.59. The highest BCUT2D eigenvalue weighted by Crippen LogP contribution is 2.19. The lowest BCUT2D eigenvalue weighted by molar-refractivity contribution is 0.0697. The lowest BCUT2D eigenvalue weighted by atomic mass is 10.1. The number of benzene rings is 1. The van der Waals surface area contributed by atoms with Gasteiger partial charge in [0, 0.05) is 16.6 Å². The molecule has 0 bridgehead atoms. The minimum absolute atomic E-state index is 0.219. The van der Waals surface area contributed by atoms with Crippen molar-refractivity contribution in [3.05, 3.63) is 51.7 Å². The molecule has 1 N–H and O–H groups in total. The molecular weight excluding hydrogens is 290 g/mol. The summed E-state index contributed by atoms with van der Waals surface area (Å²) in [5, 5.41) is 15.7. The Morgan fingerprint density at radius 3 is 2.67 bits per heavy atom. The zero-order valence-corrected chi connectivity index (χ0v) is 11.9. The molecule has 0 aliphatic rings. The standard InChI is InChI=1S/C14H11N3O3S/c1-8-7-21-12(15-8)6-11-16-13(20-17-11)9-2-4-10(5-3-9)14(18)19/h2-5,7H,6H2,1H3,(H,18,19). The van der Waals surface area contributed by atoms with Crippen LogP contribution in [0.2, 0.25) is 0 Å². The fourth-order valence-electron chi connectivity index (χ4n) is 1.82. The van der Waals surface area contributed by atoms with Crippen molar-refractivity contribution in [1.82, 2.24) is 15.1 Å². The summed E-state index contributed by atoms with van der Waals surface area (Å²) < 4.78 is 5.20. The molecule has 1 aromatic carbocycles. The Kier molecular flexibility index (Phi) is 3.49. The van der Waals surface area contributed by atoms with Crippen LogP contribution in [0.15, 0.2) is 34.2 Å². The van der Waals surface area contributed by atoms with Crippen molar-refractivity contribution in [1.29, 1.82) is 0 Å². The zero-order chi connectivity index (χ0) is 14.8. The second-order valence-corrected chi connectivity index (χ2v) is 5.40. The van der Waals surface area contributed by atoms with Gasteiger partial charge in [0.2, 0.25) is 0 Å². The molecular formula is C14H11N3O3S. The van der Waals surface area contributed by atoms with E-state index in [2.05, 4.69) is 15.1 Å². The van der Waals surface area contributed by atoms with Crippen LogP contribution in [-0.4, -0.2) is 26.2 Å². The summed E-state index contributed by atoms with van der Waals surface area (Å²) >= 11 is 1.56. The molecule has 21 heavy (non-hydrogen) atoms. The summed E-state index contributed by atoms with van der Waals surface area (Å²) in [5.74, 6) is -0.0382. The van der Waals surface area contributed by atoms with E-state index in [-0.39, 0.29) is 5.56 Å². The van der Waals surface area contributed by atoms with Crippen LogP contribution in [0, 0.1) is 6.92 Å². The van der Waals surface area contributed by atoms with Crippen molar-refractivity contribution in [2.45, 2.75) is 13.3 Å². The van der Waals surface area contributed by atoms with Gasteiger partial charge >= 0.3 is 5.97 Å². The van der Waals surface area contributed by atoms with E-state index in [1.807, 2.05) is 12.3 Å². The topological polar surface area (TPSA) is 89.1 Å². The van der Waals surface area contributed by atoms with Crippen LogP contribution in [-0.2, 0) is 6.42 Å². The Hall–Kier alpha value is -2.54. The first-order chi connectivity index (χ1) is 10.1. The molecule has 0 unspecified atom stereocenters. The summed E-state index contributed by atoms with van der Waals surface area (Å²) in [7, 11) is 0. The Balaban J connectivity index is 1.79. The average molecular weight is 301 g/mol. The number of nitrogens with zero attached hydrogens (tertiary/aromatic N) is 3. The molecule has 0 fully saturated rings. The molecule has 106 valence electrons. The van der Waals surface area contributed by atoms with Crippen LogP contribution in [0.25, 0.3) is 11.5 Å². The van der Waals surface area contributed by atoms with Crippen LogP contribution >= 0.6 is 11.3 Å². The van der Waals surface area contributed by atoms with Crippen molar-refractivity contribution >= 4 is 17.3 Å². The minimum atomic E-state index is -0.966. The number of aryl methyl sites for hydroxylation is 1. The number of aromatic nitrogens is 3. The van der Waals surface area contributed by atoms with E-state index in [0.29, 0.717) is 23.7 Å². The summed E-state index contributed by atoms with van der Waals surface area (Å²) in [6.45, 7) is 1.94. The Morgan fingerprint density at radius 1 is 1.29 bits per heavy atom. The van der Waals surface area contributed by atoms with Crippen LogP contribution in [0.3, 0.4) is 0 Å². The molecule has 0 saturated carbocycles. The van der Waals surface area contributed by atoms with Crippen molar-refractivity contribution in [2.24, 2.45) is 0 Å². The van der Waals surface area contributed by atoms with Gasteiger partial charge in [-0.2, -0.15) is 4.98 Å². The predicted molar refractivity (Wildman–Crippen MR) is 76.4 cm³/mol. The highest BCUT2D eigenvalue weighted by atomic mass is 32.1. The van der Waals surface area contributed by atoms with E-state index < -0.39 is 5.97 Å². The van der Waals surface area contributed by atoms with Gasteiger partial charge in [0.25, 0.3) is 5.89 Å². The van der Waals surface area contributed by atoms with E-state index in [4.69, 9.17) is 9.63 Å². The van der Waals surface area contributed by atoms with Crippen LogP contribution in [0.1, 0.15) is 26.9 Å². The maximum Gasteiger partial charge on any atom is 0.335 e. The highest BCUT2D eigenvalue weighted by Gasteiger charge is 2.11. The van der Waals surface area contributed by atoms with Gasteiger partial charge in [-0.1, -0.05) is 5.16 Å². The largest absolute Gasteiger partial charge is 0.478 e. The number of rotatable bonds is 4. The molecule has 0 radical (unpaired) electrons. The second-order valence-electron chi connectivity index (χ2n) is 4.46. The summed E-state index contributed by atoms with van der Waals surface area (Å²) in [5.41, 5.74) is 1.88. The number of carbonyl (C=O) groups is 1. The molecule has 3 rings (SSSR count). The smallest absolute Gasteiger partial charge is 0.335 e. The molecule has 0 aliphatic carbocycles. The third-order valence-electron chi connectivity index (χ3n) is 2.82. The Labute approximate surface area is 124 Å². The van der Waals surface area contributed by atoms with E-state index in [0.717, 1.165) is 10.7 Å². The van der Waals surface area contributed by atoms with Gasteiger partial charge in [-0.05, 0) is 31.2 Å². The first-order valence-corrected chi connectivity index (χ1v) is 7.07. The molecule has 0 aliphatic heterocycles. The zero-order valence-electron chi connectivity index (χ0n) is 11.1. The number of hydrogen-bond donors (Lipinski definition) is 1. The number of carboxylic acids is 1. The van der Waals surface area contributed by atoms with Gasteiger partial charge in [-0.3, -0.25) is 0 Å². The first kappa shape index (κ1) is 13.4. The van der Waals surface area contributed by atoms with Gasteiger partial charge in [-0.15, -0.1) is 11.3 Å². The van der Waals surface area contributed by atoms with Crippen molar-refractivity contribution in [2.75, 3.05) is 0 Å². The molecule has 0 atom stereocenters. The molecule has 0 amide bonds. The Bertz CT molecular complexity index is 777. The van der Waals surface area contributed by atoms with E-state index in [1.54, 1.807) is 23.5 Å². The summed E-state index contributed by atoms with van der Waals surface area (Å²) in [6.07, 6.45) is 0.523. The maximum atomic E-state index is 10.8. The number of thiazole rings is 1. The number of hydrogen-bond acceptors (Lipinski definition) is 6. The summed E-state index contributed by atoms with van der Waals surface area (Å²) in [6, 6.07) is 6.31. The molecule has 0 spiro atoms. The first-order valence-electron chi connectivity index (χ1n) is 6.19. The molecule has 2 aromatic heterocycles. The monoisotopic (exact) mass is 301 g/mol. The predicted octanol–water partition coefficient (Wildman–Crippen LogP) is 2.79. The molecule has 2 heterocycles. The van der Waals surface area contributed by atoms with Crippen LogP contribution in [0.4, 0.5) is 0 Å². The maximum absolute atomic E-state index is 10.8. The minimum Gasteiger partial charge on any atom is -0.478 e. The van der Waals surface area contributed by atoms with Crippen molar-refractivity contribution in [3.63, 3.8) is 0 Å². The summed E-state index contributed by atoms with van der Waals surface area (Å²) in [4.78, 5) is 19.5. The van der Waals surface area contributed by atoms with Crippen molar-refractivity contribution < 1.29 is 14.4 Å². The number of aromatic carboxylic acids is 1. The fraction of sp³-hybridized carbons (Fsp3) is 0.143. The highest BCUT2D eigenvalue weighted by molar-refractivity contribution is 7.09. The third kappa shape index (κ3) is 2.97. The van der Waals surface area contributed by atoms with E-state index >= 15 is 0 Å². The van der Waals surface area contributed by atoms with Gasteiger partial charge < -0.3 is 9.63 Å². The average Bonchev–Trinajstić information content (AvgIpc) is 3.09. The second kappa shape index (κ2) is 5.45. The lowest BCUT2D eigenvalue weighted by Crippen LogP contribution is -1.95. The van der Waals surface area contributed by atoms with Gasteiger partial charge in [0.15, 0.2) is 5.82 Å². The molecule has 3 aromatic rings. The molecule has 7 heteroatoms. The van der Waals surface area contributed by atoms with Crippen LogP contribution in [0.5, 0.6) is 0 Å².